The topological polar surface area (TPSA) is 57.8 Å². The molecule has 0 unspecified atom stereocenters. The van der Waals surface area contributed by atoms with E-state index >= 15 is 0 Å². The number of fused-ring (bicyclic) bond motifs is 2. The highest BCUT2D eigenvalue weighted by atomic mass is 16.1. The van der Waals surface area contributed by atoms with E-state index in [-0.39, 0.29) is 11.9 Å². The molecule has 1 aromatic heterocycles. The van der Waals surface area contributed by atoms with Gasteiger partial charge in [-0.3, -0.25) is 9.89 Å². The van der Waals surface area contributed by atoms with E-state index in [0.717, 1.165) is 41.8 Å². The third-order valence-electron chi connectivity index (χ3n) is 6.78. The Kier molecular flexibility index (Phi) is 5.19. The number of aromatic amines is 1. The highest BCUT2D eigenvalue weighted by Crippen LogP contribution is 2.31. The van der Waals surface area contributed by atoms with Gasteiger partial charge in [0.15, 0.2) is 0 Å². The Morgan fingerprint density at radius 1 is 0.882 bits per heavy atom. The van der Waals surface area contributed by atoms with Crippen LogP contribution in [0.25, 0.3) is 33.3 Å². The Hall–Kier alpha value is -4.18. The van der Waals surface area contributed by atoms with E-state index in [2.05, 4.69) is 88.3 Å². The molecular formula is C30H25N3O. The number of rotatable bonds is 4. The molecule has 1 atom stereocenters. The average molecular weight is 444 g/mol. The van der Waals surface area contributed by atoms with Crippen molar-refractivity contribution in [3.63, 3.8) is 0 Å². The minimum Gasteiger partial charge on any atom is -0.345 e. The Bertz CT molecular complexity index is 1480. The summed E-state index contributed by atoms with van der Waals surface area (Å²) >= 11 is 0. The molecule has 0 fully saturated rings. The monoisotopic (exact) mass is 443 g/mol. The Balaban J connectivity index is 1.21. The summed E-state index contributed by atoms with van der Waals surface area (Å²) in [5.41, 5.74) is 7.19. The van der Waals surface area contributed by atoms with Gasteiger partial charge in [0.2, 0.25) is 0 Å². The largest absolute Gasteiger partial charge is 0.345 e. The molecule has 4 nitrogen and oxygen atoms in total. The number of amides is 1. The molecule has 4 aromatic carbocycles. The summed E-state index contributed by atoms with van der Waals surface area (Å²) < 4.78 is 0. The molecule has 0 saturated carbocycles. The Morgan fingerprint density at radius 3 is 2.59 bits per heavy atom. The van der Waals surface area contributed by atoms with Gasteiger partial charge in [-0.2, -0.15) is 5.10 Å². The van der Waals surface area contributed by atoms with Gasteiger partial charge in [-0.05, 0) is 59.4 Å². The summed E-state index contributed by atoms with van der Waals surface area (Å²) in [7, 11) is 0. The fourth-order valence-corrected chi connectivity index (χ4v) is 5.01. The van der Waals surface area contributed by atoms with Crippen LogP contribution < -0.4 is 5.32 Å². The van der Waals surface area contributed by atoms with Crippen molar-refractivity contribution >= 4 is 16.7 Å². The molecule has 4 heteroatoms. The Labute approximate surface area is 198 Å². The van der Waals surface area contributed by atoms with Crippen LogP contribution in [0.5, 0.6) is 0 Å². The maximum Gasteiger partial charge on any atom is 0.251 e. The lowest BCUT2D eigenvalue weighted by Gasteiger charge is -2.26. The number of hydrogen-bond acceptors (Lipinski definition) is 2. The normalized spacial score (nSPS) is 15.1. The molecule has 0 bridgehead atoms. The van der Waals surface area contributed by atoms with Gasteiger partial charge in [-0.25, -0.2) is 0 Å². The quantitative estimate of drug-likeness (QED) is 0.324. The van der Waals surface area contributed by atoms with Crippen LogP contribution in [0.1, 0.15) is 40.4 Å². The molecule has 1 amide bonds. The zero-order chi connectivity index (χ0) is 22.9. The highest BCUT2D eigenvalue weighted by Gasteiger charge is 2.22. The minimum atomic E-state index is -0.0354. The van der Waals surface area contributed by atoms with E-state index < -0.39 is 0 Å². The molecule has 0 aliphatic heterocycles. The molecule has 6 rings (SSSR count). The van der Waals surface area contributed by atoms with Gasteiger partial charge in [0.05, 0.1) is 17.4 Å². The predicted octanol–water partition coefficient (Wildman–Crippen LogP) is 6.70. The zero-order valence-corrected chi connectivity index (χ0v) is 18.8. The molecule has 1 aliphatic carbocycles. The summed E-state index contributed by atoms with van der Waals surface area (Å²) in [6, 6.07) is 32.9. The molecule has 1 aliphatic rings. The summed E-state index contributed by atoms with van der Waals surface area (Å²) in [4.78, 5) is 13.0. The molecule has 2 N–H and O–H groups in total. The average Bonchev–Trinajstić information content (AvgIpc) is 3.39. The SMILES string of the molecule is O=C(N[C@@H]1CCCc2ccccc21)c1ccc(-c2cc(-c3cccc4ccccc34)[nH]n2)cc1. The summed E-state index contributed by atoms with van der Waals surface area (Å²) in [5.74, 6) is -0.0354. The standard InChI is InChI=1S/C30H25N3O/c34-30(31-27-14-6-10-21-8-2-4-12-25(21)27)23-17-15-22(16-18-23)28-19-29(33-32-28)26-13-5-9-20-7-1-3-11-24(20)26/h1-5,7-9,11-13,15-19,27H,6,10,14H2,(H,31,34)(H,32,33)/t27-/m1/s1. The van der Waals surface area contributed by atoms with Crippen LogP contribution in [-0.4, -0.2) is 16.1 Å². The minimum absolute atomic E-state index is 0.0354. The van der Waals surface area contributed by atoms with Crippen LogP contribution in [0, 0.1) is 0 Å². The van der Waals surface area contributed by atoms with Gasteiger partial charge in [0.25, 0.3) is 5.91 Å². The second-order valence-corrected chi connectivity index (χ2v) is 8.89. The molecule has 166 valence electrons. The van der Waals surface area contributed by atoms with E-state index in [1.54, 1.807) is 0 Å². The van der Waals surface area contributed by atoms with E-state index in [0.29, 0.717) is 5.56 Å². The summed E-state index contributed by atoms with van der Waals surface area (Å²) in [6.45, 7) is 0. The molecule has 0 radical (unpaired) electrons. The lowest BCUT2D eigenvalue weighted by Crippen LogP contribution is -2.30. The number of nitrogens with zero attached hydrogens (tertiary/aromatic N) is 1. The zero-order valence-electron chi connectivity index (χ0n) is 18.8. The first kappa shape index (κ1) is 20.4. The maximum atomic E-state index is 13.0. The first-order valence-electron chi connectivity index (χ1n) is 11.8. The van der Waals surface area contributed by atoms with Crippen LogP contribution in [0.3, 0.4) is 0 Å². The number of benzene rings is 4. The van der Waals surface area contributed by atoms with Crippen LogP contribution in [-0.2, 0) is 6.42 Å². The van der Waals surface area contributed by atoms with Crippen LogP contribution in [0.4, 0.5) is 0 Å². The van der Waals surface area contributed by atoms with Gasteiger partial charge in [-0.1, -0.05) is 78.9 Å². The number of H-pyrrole nitrogens is 1. The number of carbonyl (C=O) groups excluding carboxylic acids is 1. The van der Waals surface area contributed by atoms with Gasteiger partial charge in [0, 0.05) is 16.7 Å². The van der Waals surface area contributed by atoms with Crippen molar-refractivity contribution in [3.8, 4) is 22.5 Å². The number of hydrogen-bond donors (Lipinski definition) is 2. The second kappa shape index (κ2) is 8.64. The van der Waals surface area contributed by atoms with Crippen molar-refractivity contribution in [2.24, 2.45) is 0 Å². The maximum absolute atomic E-state index is 13.0. The van der Waals surface area contributed by atoms with Crippen molar-refractivity contribution in [1.82, 2.24) is 15.5 Å². The van der Waals surface area contributed by atoms with Crippen molar-refractivity contribution in [1.29, 1.82) is 0 Å². The van der Waals surface area contributed by atoms with E-state index in [1.165, 1.54) is 21.9 Å². The fourth-order valence-electron chi connectivity index (χ4n) is 5.01. The predicted molar refractivity (Wildman–Crippen MR) is 137 cm³/mol. The first-order valence-corrected chi connectivity index (χ1v) is 11.8. The van der Waals surface area contributed by atoms with Crippen LogP contribution in [0.2, 0.25) is 0 Å². The van der Waals surface area contributed by atoms with Crippen molar-refractivity contribution < 1.29 is 4.79 Å². The third-order valence-corrected chi connectivity index (χ3v) is 6.78. The van der Waals surface area contributed by atoms with Gasteiger partial charge < -0.3 is 5.32 Å². The highest BCUT2D eigenvalue weighted by molar-refractivity contribution is 5.97. The number of aryl methyl sites for hydroxylation is 1. The van der Waals surface area contributed by atoms with Crippen molar-refractivity contribution in [2.75, 3.05) is 0 Å². The smallest absolute Gasteiger partial charge is 0.251 e. The molecular weight excluding hydrogens is 418 g/mol. The lowest BCUT2D eigenvalue weighted by molar-refractivity contribution is 0.0933. The summed E-state index contributed by atoms with van der Waals surface area (Å²) in [6.07, 6.45) is 3.16. The second-order valence-electron chi connectivity index (χ2n) is 8.89. The Morgan fingerprint density at radius 2 is 1.68 bits per heavy atom. The molecule has 0 spiro atoms. The van der Waals surface area contributed by atoms with Crippen LogP contribution in [0.15, 0.2) is 97.1 Å². The van der Waals surface area contributed by atoms with E-state index in [4.69, 9.17) is 0 Å². The summed E-state index contributed by atoms with van der Waals surface area (Å²) in [5, 5.41) is 13.3. The van der Waals surface area contributed by atoms with Crippen LogP contribution >= 0.6 is 0 Å². The van der Waals surface area contributed by atoms with Gasteiger partial charge >= 0.3 is 0 Å². The third kappa shape index (κ3) is 3.77. The lowest BCUT2D eigenvalue weighted by atomic mass is 9.87. The first-order chi connectivity index (χ1) is 16.8. The number of aromatic nitrogens is 2. The van der Waals surface area contributed by atoms with Crippen molar-refractivity contribution in [2.45, 2.75) is 25.3 Å². The van der Waals surface area contributed by atoms with Gasteiger partial charge in [0.1, 0.15) is 0 Å². The van der Waals surface area contributed by atoms with E-state index in [9.17, 15) is 4.79 Å². The molecule has 0 saturated heterocycles. The number of carbonyl (C=O) groups is 1. The molecule has 5 aromatic rings. The van der Waals surface area contributed by atoms with E-state index in [1.807, 2.05) is 24.3 Å². The molecule has 1 heterocycles. The van der Waals surface area contributed by atoms with Crippen molar-refractivity contribution in [3.05, 3.63) is 114 Å². The fraction of sp³-hybridized carbons (Fsp3) is 0.133. The number of nitrogens with one attached hydrogen (secondary N) is 2. The van der Waals surface area contributed by atoms with Gasteiger partial charge in [-0.15, -0.1) is 0 Å². The molecule has 34 heavy (non-hydrogen) atoms.